The molecule has 1 saturated carbocycles. The zero-order valence-corrected chi connectivity index (χ0v) is 18.5. The molecule has 0 radical (unpaired) electrons. The molecule has 0 aromatic carbocycles. The van der Waals surface area contributed by atoms with Gasteiger partial charge < -0.3 is 24.5 Å². The van der Waals surface area contributed by atoms with Crippen LogP contribution in [0.15, 0.2) is 27.8 Å². The Hall–Kier alpha value is -0.840. The Kier molecular flexibility index (Phi) is 10.5. The van der Waals surface area contributed by atoms with Gasteiger partial charge in [-0.05, 0) is 30.9 Å². The molecule has 1 aromatic rings. The molecular formula is C19H33IN4O3. The van der Waals surface area contributed by atoms with Crippen molar-refractivity contribution in [2.45, 2.75) is 25.3 Å². The van der Waals surface area contributed by atoms with Gasteiger partial charge in [0.05, 0.1) is 38.7 Å². The minimum absolute atomic E-state index is 0. The van der Waals surface area contributed by atoms with Crippen molar-refractivity contribution in [1.82, 2.24) is 15.5 Å². The Morgan fingerprint density at radius 2 is 2.19 bits per heavy atom. The summed E-state index contributed by atoms with van der Waals surface area (Å²) in [4.78, 5) is 7.20. The van der Waals surface area contributed by atoms with Crippen LogP contribution in [0.1, 0.15) is 18.6 Å². The molecule has 27 heavy (non-hydrogen) atoms. The lowest BCUT2D eigenvalue weighted by molar-refractivity contribution is 0.0394. The van der Waals surface area contributed by atoms with Gasteiger partial charge in [0.25, 0.3) is 0 Å². The van der Waals surface area contributed by atoms with E-state index in [0.29, 0.717) is 18.6 Å². The van der Waals surface area contributed by atoms with E-state index in [0.717, 1.165) is 64.1 Å². The van der Waals surface area contributed by atoms with Crippen molar-refractivity contribution in [3.8, 4) is 0 Å². The summed E-state index contributed by atoms with van der Waals surface area (Å²) < 4.78 is 16.2. The smallest absolute Gasteiger partial charge is 0.191 e. The van der Waals surface area contributed by atoms with Gasteiger partial charge in [-0.15, -0.1) is 24.0 Å². The van der Waals surface area contributed by atoms with Gasteiger partial charge in [-0.3, -0.25) is 9.89 Å². The fourth-order valence-electron chi connectivity index (χ4n) is 3.19. The number of aliphatic imine (C=N–C) groups is 1. The topological polar surface area (TPSA) is 71.3 Å². The minimum Gasteiger partial charge on any atom is -0.469 e. The third-order valence-corrected chi connectivity index (χ3v) is 4.89. The Balaban J connectivity index is 0.00000261. The summed E-state index contributed by atoms with van der Waals surface area (Å²) >= 11 is 0. The third-order valence-electron chi connectivity index (χ3n) is 4.89. The van der Waals surface area contributed by atoms with Crippen LogP contribution in [0, 0.1) is 5.92 Å². The van der Waals surface area contributed by atoms with Crippen molar-refractivity contribution in [3.05, 3.63) is 24.2 Å². The van der Waals surface area contributed by atoms with Crippen LogP contribution in [0.5, 0.6) is 0 Å². The Bertz CT molecular complexity index is 531. The maximum atomic E-state index is 5.40. The number of morpholine rings is 1. The molecule has 0 spiro atoms. The van der Waals surface area contributed by atoms with E-state index in [1.165, 1.54) is 12.8 Å². The SMILES string of the molecule is COCC(NC(=NCCN1CCOCC1)NCCc1ccco1)C1CC1.I. The van der Waals surface area contributed by atoms with Crippen LogP contribution < -0.4 is 10.6 Å². The molecule has 154 valence electrons. The molecule has 1 aliphatic heterocycles. The van der Waals surface area contributed by atoms with Crippen LogP contribution >= 0.6 is 24.0 Å². The van der Waals surface area contributed by atoms with E-state index < -0.39 is 0 Å². The molecule has 1 saturated heterocycles. The van der Waals surface area contributed by atoms with Crippen LogP contribution in [-0.2, 0) is 15.9 Å². The van der Waals surface area contributed by atoms with E-state index >= 15 is 0 Å². The summed E-state index contributed by atoms with van der Waals surface area (Å²) in [5, 5.41) is 7.02. The van der Waals surface area contributed by atoms with Gasteiger partial charge in [-0.1, -0.05) is 0 Å². The number of hydrogen-bond acceptors (Lipinski definition) is 5. The molecule has 1 aliphatic carbocycles. The minimum atomic E-state index is 0. The van der Waals surface area contributed by atoms with Gasteiger partial charge >= 0.3 is 0 Å². The van der Waals surface area contributed by atoms with Crippen molar-refractivity contribution in [2.75, 3.05) is 59.7 Å². The van der Waals surface area contributed by atoms with Gasteiger partial charge in [-0.25, -0.2) is 0 Å². The van der Waals surface area contributed by atoms with E-state index in [-0.39, 0.29) is 24.0 Å². The van der Waals surface area contributed by atoms with Crippen molar-refractivity contribution in [1.29, 1.82) is 0 Å². The summed E-state index contributed by atoms with van der Waals surface area (Å²) in [7, 11) is 1.76. The molecule has 2 N–H and O–H groups in total. The predicted octanol–water partition coefficient (Wildman–Crippen LogP) is 1.73. The van der Waals surface area contributed by atoms with Crippen LogP contribution in [0.3, 0.4) is 0 Å². The number of methoxy groups -OCH3 is 1. The van der Waals surface area contributed by atoms with Gasteiger partial charge in [-0.2, -0.15) is 0 Å². The number of halogens is 1. The molecule has 2 aliphatic rings. The van der Waals surface area contributed by atoms with Crippen molar-refractivity contribution in [2.24, 2.45) is 10.9 Å². The molecule has 8 heteroatoms. The second kappa shape index (κ2) is 12.6. The highest BCUT2D eigenvalue weighted by Gasteiger charge is 2.31. The zero-order chi connectivity index (χ0) is 18.0. The first kappa shape index (κ1) is 22.4. The summed E-state index contributed by atoms with van der Waals surface area (Å²) in [5.41, 5.74) is 0. The van der Waals surface area contributed by atoms with Gasteiger partial charge in [0.2, 0.25) is 0 Å². The number of ether oxygens (including phenoxy) is 2. The standard InChI is InChI=1S/C19H32N4O3.HI/c1-24-15-18(16-4-5-16)22-19(20-7-6-17-3-2-12-26-17)21-8-9-23-10-13-25-14-11-23;/h2-3,12,16,18H,4-11,13-15H2,1H3,(H2,20,21,22);1H. The first-order chi connectivity index (χ1) is 12.8. The average molecular weight is 492 g/mol. The van der Waals surface area contributed by atoms with Crippen molar-refractivity contribution in [3.63, 3.8) is 0 Å². The largest absolute Gasteiger partial charge is 0.469 e. The highest BCUT2D eigenvalue weighted by molar-refractivity contribution is 14.0. The molecule has 2 heterocycles. The highest BCUT2D eigenvalue weighted by Crippen LogP contribution is 2.32. The molecule has 0 amide bonds. The molecule has 0 bridgehead atoms. The Morgan fingerprint density at radius 1 is 1.37 bits per heavy atom. The lowest BCUT2D eigenvalue weighted by Gasteiger charge is -2.26. The summed E-state index contributed by atoms with van der Waals surface area (Å²) in [6, 6.07) is 4.26. The maximum Gasteiger partial charge on any atom is 0.191 e. The second-order valence-electron chi connectivity index (χ2n) is 6.98. The van der Waals surface area contributed by atoms with E-state index in [4.69, 9.17) is 18.9 Å². The molecule has 1 atom stereocenters. The molecule has 2 fully saturated rings. The van der Waals surface area contributed by atoms with Crippen LogP contribution in [-0.4, -0.2) is 76.6 Å². The van der Waals surface area contributed by atoms with Crippen molar-refractivity contribution >= 4 is 29.9 Å². The molecule has 3 rings (SSSR count). The number of nitrogens with zero attached hydrogens (tertiary/aromatic N) is 2. The highest BCUT2D eigenvalue weighted by atomic mass is 127. The summed E-state index contributed by atoms with van der Waals surface area (Å²) in [5.74, 6) is 2.56. The van der Waals surface area contributed by atoms with Gasteiger partial charge in [0.15, 0.2) is 5.96 Å². The quantitative estimate of drug-likeness (QED) is 0.295. The lowest BCUT2D eigenvalue weighted by Crippen LogP contribution is -2.47. The van der Waals surface area contributed by atoms with Crippen LogP contribution in [0.25, 0.3) is 0 Å². The van der Waals surface area contributed by atoms with E-state index in [1.54, 1.807) is 13.4 Å². The second-order valence-corrected chi connectivity index (χ2v) is 6.98. The first-order valence-electron chi connectivity index (χ1n) is 9.71. The van der Waals surface area contributed by atoms with E-state index in [9.17, 15) is 0 Å². The molecular weight excluding hydrogens is 459 g/mol. The van der Waals surface area contributed by atoms with Gasteiger partial charge in [0, 0.05) is 39.7 Å². The fraction of sp³-hybridized carbons (Fsp3) is 0.737. The number of rotatable bonds is 10. The monoisotopic (exact) mass is 492 g/mol. The van der Waals surface area contributed by atoms with Crippen LogP contribution in [0.4, 0.5) is 0 Å². The Morgan fingerprint density at radius 3 is 2.85 bits per heavy atom. The number of guanidine groups is 1. The lowest BCUT2D eigenvalue weighted by atomic mass is 10.2. The third kappa shape index (κ3) is 8.37. The first-order valence-corrected chi connectivity index (χ1v) is 9.71. The number of furan rings is 1. The van der Waals surface area contributed by atoms with Gasteiger partial charge in [0.1, 0.15) is 5.76 Å². The zero-order valence-electron chi connectivity index (χ0n) is 16.2. The fourth-order valence-corrected chi connectivity index (χ4v) is 3.19. The molecule has 1 unspecified atom stereocenters. The molecule has 1 aromatic heterocycles. The van der Waals surface area contributed by atoms with Crippen molar-refractivity contribution < 1.29 is 13.9 Å². The maximum absolute atomic E-state index is 5.40. The van der Waals surface area contributed by atoms with Crippen LogP contribution in [0.2, 0.25) is 0 Å². The Labute approximate surface area is 179 Å². The average Bonchev–Trinajstić information content (AvgIpc) is 3.38. The van der Waals surface area contributed by atoms with E-state index in [1.807, 2.05) is 12.1 Å². The predicted molar refractivity (Wildman–Crippen MR) is 117 cm³/mol. The summed E-state index contributed by atoms with van der Waals surface area (Å²) in [6.45, 7) is 6.90. The normalized spacial score (nSPS) is 19.4. The van der Waals surface area contributed by atoms with E-state index in [2.05, 4.69) is 15.5 Å². The summed E-state index contributed by atoms with van der Waals surface area (Å²) in [6.07, 6.45) is 5.10. The number of hydrogen-bond donors (Lipinski definition) is 2. The number of nitrogens with one attached hydrogen (secondary N) is 2. The molecule has 7 nitrogen and oxygen atoms in total.